The molecule has 1 aromatic heterocycles. The molecular weight excluding hydrogens is 258 g/mol. The van der Waals surface area contributed by atoms with E-state index in [1.54, 1.807) is 0 Å². The van der Waals surface area contributed by atoms with Gasteiger partial charge in [0.1, 0.15) is 5.82 Å². The van der Waals surface area contributed by atoms with E-state index in [0.29, 0.717) is 0 Å². The molecule has 2 rings (SSSR count). The Morgan fingerprint density at radius 1 is 1.10 bits per heavy atom. The van der Waals surface area contributed by atoms with Crippen molar-refractivity contribution in [2.45, 2.75) is 34.2 Å². The van der Waals surface area contributed by atoms with Gasteiger partial charge in [0.05, 0.1) is 0 Å². The first-order valence-corrected chi connectivity index (χ1v) is 7.51. The molecule has 2 aromatic rings. The molecule has 0 amide bonds. The van der Waals surface area contributed by atoms with Gasteiger partial charge in [-0.1, -0.05) is 25.1 Å². The summed E-state index contributed by atoms with van der Waals surface area (Å²) in [5, 5.41) is 3.42. The van der Waals surface area contributed by atoms with Crippen LogP contribution >= 0.6 is 0 Å². The number of aryl methyl sites for hydroxylation is 3. The second-order valence-corrected chi connectivity index (χ2v) is 5.51. The van der Waals surface area contributed by atoms with E-state index in [2.05, 4.69) is 75.3 Å². The first-order valence-electron chi connectivity index (χ1n) is 7.51. The van der Waals surface area contributed by atoms with Gasteiger partial charge in [-0.3, -0.25) is 0 Å². The number of para-hydroxylation sites is 1. The van der Waals surface area contributed by atoms with Crippen LogP contribution in [0, 0.1) is 20.8 Å². The second-order valence-electron chi connectivity index (χ2n) is 5.51. The Kier molecular flexibility index (Phi) is 4.97. The van der Waals surface area contributed by atoms with E-state index in [9.17, 15) is 0 Å². The predicted molar refractivity (Wildman–Crippen MR) is 90.3 cm³/mol. The molecule has 1 aromatic carbocycles. The zero-order valence-corrected chi connectivity index (χ0v) is 13.7. The van der Waals surface area contributed by atoms with Gasteiger partial charge in [0.25, 0.3) is 0 Å². The normalized spacial score (nSPS) is 10.7. The fourth-order valence-corrected chi connectivity index (χ4v) is 2.64. The van der Waals surface area contributed by atoms with Crippen molar-refractivity contribution >= 4 is 11.5 Å². The number of benzene rings is 1. The summed E-state index contributed by atoms with van der Waals surface area (Å²) in [6.45, 7) is 10.3. The summed E-state index contributed by atoms with van der Waals surface area (Å²) in [5.74, 6) is 1.04. The lowest BCUT2D eigenvalue weighted by Gasteiger charge is -2.25. The summed E-state index contributed by atoms with van der Waals surface area (Å²) in [4.78, 5) is 6.99. The van der Waals surface area contributed by atoms with Crippen molar-refractivity contribution in [3.8, 4) is 0 Å². The highest BCUT2D eigenvalue weighted by atomic mass is 15.2. The molecule has 0 aliphatic heterocycles. The predicted octanol–water partition coefficient (Wildman–Crippen LogP) is 3.88. The molecule has 0 saturated carbocycles. The van der Waals surface area contributed by atoms with Crippen molar-refractivity contribution in [3.05, 3.63) is 52.7 Å². The highest BCUT2D eigenvalue weighted by Gasteiger charge is 2.15. The van der Waals surface area contributed by atoms with Crippen LogP contribution in [-0.2, 0) is 6.54 Å². The van der Waals surface area contributed by atoms with E-state index in [0.717, 1.165) is 24.6 Å². The third-order valence-electron chi connectivity index (χ3n) is 3.80. The van der Waals surface area contributed by atoms with Gasteiger partial charge in [-0.2, -0.15) is 0 Å². The Balaban J connectivity index is 2.49. The standard InChI is InChI=1S/C18H25N3/c1-6-19-12-16-14(3)11-15(4)20-18(16)21(5)17-10-8-7-9-13(17)2/h7-11,19H,6,12H2,1-5H3. The van der Waals surface area contributed by atoms with Crippen LogP contribution in [0.25, 0.3) is 0 Å². The number of nitrogens with one attached hydrogen (secondary N) is 1. The molecule has 0 radical (unpaired) electrons. The monoisotopic (exact) mass is 283 g/mol. The average molecular weight is 283 g/mol. The van der Waals surface area contributed by atoms with Gasteiger partial charge in [-0.15, -0.1) is 0 Å². The van der Waals surface area contributed by atoms with Crippen molar-refractivity contribution in [1.82, 2.24) is 10.3 Å². The van der Waals surface area contributed by atoms with Crippen molar-refractivity contribution in [3.63, 3.8) is 0 Å². The summed E-state index contributed by atoms with van der Waals surface area (Å²) in [5.41, 5.74) is 6.08. The molecule has 0 spiro atoms. The van der Waals surface area contributed by atoms with Gasteiger partial charge in [0, 0.05) is 30.5 Å². The van der Waals surface area contributed by atoms with Gasteiger partial charge in [-0.25, -0.2) is 4.98 Å². The first kappa shape index (κ1) is 15.5. The molecule has 112 valence electrons. The molecule has 0 aliphatic rings. The van der Waals surface area contributed by atoms with Gasteiger partial charge in [0.2, 0.25) is 0 Å². The van der Waals surface area contributed by atoms with Crippen LogP contribution in [0.5, 0.6) is 0 Å². The van der Waals surface area contributed by atoms with Crippen LogP contribution in [0.1, 0.15) is 29.3 Å². The number of hydrogen-bond acceptors (Lipinski definition) is 3. The van der Waals surface area contributed by atoms with Crippen LogP contribution in [0.4, 0.5) is 11.5 Å². The minimum atomic E-state index is 0.848. The van der Waals surface area contributed by atoms with E-state index < -0.39 is 0 Å². The molecule has 0 fully saturated rings. The average Bonchev–Trinajstić information content (AvgIpc) is 2.45. The molecule has 3 heteroatoms. The number of aromatic nitrogens is 1. The van der Waals surface area contributed by atoms with E-state index in [4.69, 9.17) is 4.98 Å². The highest BCUT2D eigenvalue weighted by Crippen LogP contribution is 2.29. The largest absolute Gasteiger partial charge is 0.329 e. The fraction of sp³-hybridized carbons (Fsp3) is 0.389. The van der Waals surface area contributed by atoms with Crippen LogP contribution in [-0.4, -0.2) is 18.6 Å². The van der Waals surface area contributed by atoms with Crippen molar-refractivity contribution in [2.75, 3.05) is 18.5 Å². The van der Waals surface area contributed by atoms with E-state index in [1.165, 1.54) is 22.4 Å². The smallest absolute Gasteiger partial charge is 0.137 e. The summed E-state index contributed by atoms with van der Waals surface area (Å²) in [6.07, 6.45) is 0. The number of rotatable bonds is 5. The molecular formula is C18H25N3. The molecule has 0 bridgehead atoms. The molecule has 0 saturated heterocycles. The maximum absolute atomic E-state index is 4.79. The van der Waals surface area contributed by atoms with E-state index in [1.807, 2.05) is 0 Å². The van der Waals surface area contributed by atoms with Crippen LogP contribution < -0.4 is 10.2 Å². The number of nitrogens with zero attached hydrogens (tertiary/aromatic N) is 2. The second kappa shape index (κ2) is 6.72. The quantitative estimate of drug-likeness (QED) is 0.902. The first-order chi connectivity index (χ1) is 10.0. The number of anilines is 2. The zero-order chi connectivity index (χ0) is 15.4. The van der Waals surface area contributed by atoms with Crippen molar-refractivity contribution < 1.29 is 0 Å². The Labute approximate surface area is 128 Å². The molecule has 1 heterocycles. The maximum Gasteiger partial charge on any atom is 0.137 e. The van der Waals surface area contributed by atoms with Crippen LogP contribution in [0.2, 0.25) is 0 Å². The lowest BCUT2D eigenvalue weighted by molar-refractivity contribution is 0.719. The molecule has 1 N–H and O–H groups in total. The minimum absolute atomic E-state index is 0.848. The third kappa shape index (κ3) is 3.42. The van der Waals surface area contributed by atoms with Crippen LogP contribution in [0.3, 0.4) is 0 Å². The van der Waals surface area contributed by atoms with Gasteiger partial charge < -0.3 is 10.2 Å². The Morgan fingerprint density at radius 2 is 1.81 bits per heavy atom. The SMILES string of the molecule is CCNCc1c(C)cc(C)nc1N(C)c1ccccc1C. The lowest BCUT2D eigenvalue weighted by Crippen LogP contribution is -2.20. The van der Waals surface area contributed by atoms with Crippen molar-refractivity contribution in [2.24, 2.45) is 0 Å². The topological polar surface area (TPSA) is 28.2 Å². The van der Waals surface area contributed by atoms with Gasteiger partial charge >= 0.3 is 0 Å². The summed E-state index contributed by atoms with van der Waals surface area (Å²) < 4.78 is 0. The van der Waals surface area contributed by atoms with Crippen LogP contribution in [0.15, 0.2) is 30.3 Å². The summed E-state index contributed by atoms with van der Waals surface area (Å²) in [7, 11) is 2.10. The third-order valence-corrected chi connectivity index (χ3v) is 3.80. The van der Waals surface area contributed by atoms with Crippen molar-refractivity contribution in [1.29, 1.82) is 0 Å². The summed E-state index contributed by atoms with van der Waals surface area (Å²) >= 11 is 0. The van der Waals surface area contributed by atoms with Gasteiger partial charge in [0.15, 0.2) is 0 Å². The van der Waals surface area contributed by atoms with Gasteiger partial charge in [-0.05, 0) is 50.6 Å². The molecule has 0 aliphatic carbocycles. The Morgan fingerprint density at radius 3 is 2.48 bits per heavy atom. The lowest BCUT2D eigenvalue weighted by atomic mass is 10.1. The van der Waals surface area contributed by atoms with E-state index in [-0.39, 0.29) is 0 Å². The zero-order valence-electron chi connectivity index (χ0n) is 13.7. The Bertz CT molecular complexity index is 620. The fourth-order valence-electron chi connectivity index (χ4n) is 2.64. The Hall–Kier alpha value is -1.87. The maximum atomic E-state index is 4.79. The molecule has 0 atom stereocenters. The molecule has 3 nitrogen and oxygen atoms in total. The number of pyridine rings is 1. The summed E-state index contributed by atoms with van der Waals surface area (Å²) in [6, 6.07) is 10.6. The number of hydrogen-bond donors (Lipinski definition) is 1. The van der Waals surface area contributed by atoms with E-state index >= 15 is 0 Å². The molecule has 21 heavy (non-hydrogen) atoms. The highest BCUT2D eigenvalue weighted by molar-refractivity contribution is 5.66. The molecule has 0 unspecified atom stereocenters. The minimum Gasteiger partial charge on any atom is -0.329 e.